The Morgan fingerprint density at radius 3 is 2.84 bits per heavy atom. The molecule has 2 atom stereocenters. The molecular weight excluding hydrogens is 354 g/mol. The van der Waals surface area contributed by atoms with E-state index in [9.17, 15) is 8.42 Å². The number of furan rings is 1. The molecule has 0 bridgehead atoms. The van der Waals surface area contributed by atoms with Gasteiger partial charge in [0.25, 0.3) is 0 Å². The summed E-state index contributed by atoms with van der Waals surface area (Å²) < 4.78 is 31.1. The highest BCUT2D eigenvalue weighted by Gasteiger charge is 2.50. The summed E-state index contributed by atoms with van der Waals surface area (Å²) in [5.74, 6) is 0.0619. The van der Waals surface area contributed by atoms with Crippen molar-refractivity contribution in [3.05, 3.63) is 64.7 Å². The molecule has 128 valence electrons. The molecule has 2 aliphatic rings. The topological polar surface area (TPSA) is 50.5 Å². The van der Waals surface area contributed by atoms with Crippen LogP contribution in [0.25, 0.3) is 11.1 Å². The van der Waals surface area contributed by atoms with Gasteiger partial charge >= 0.3 is 0 Å². The molecule has 0 aliphatic carbocycles. The summed E-state index contributed by atoms with van der Waals surface area (Å²) in [6.07, 6.45) is 3.33. The van der Waals surface area contributed by atoms with E-state index in [4.69, 9.17) is 4.42 Å². The summed E-state index contributed by atoms with van der Waals surface area (Å²) in [5.41, 5.74) is 2.97. The van der Waals surface area contributed by atoms with Crippen LogP contribution in [0.3, 0.4) is 0 Å². The van der Waals surface area contributed by atoms with Gasteiger partial charge in [-0.2, -0.15) is 0 Å². The zero-order chi connectivity index (χ0) is 17.0. The number of likely N-dealkylation sites (tertiary alicyclic amines) is 1. The molecule has 0 radical (unpaired) electrons. The summed E-state index contributed by atoms with van der Waals surface area (Å²) in [7, 11) is -3.24. The van der Waals surface area contributed by atoms with Crippen molar-refractivity contribution in [3.8, 4) is 11.1 Å². The van der Waals surface area contributed by atoms with Crippen LogP contribution in [-0.2, 0) is 16.4 Å². The monoisotopic (exact) mass is 371 g/mol. The summed E-state index contributed by atoms with van der Waals surface area (Å²) in [6.45, 7) is 2.24. The van der Waals surface area contributed by atoms with Crippen molar-refractivity contribution in [2.75, 3.05) is 13.1 Å². The van der Waals surface area contributed by atoms with Gasteiger partial charge in [0.05, 0.1) is 22.7 Å². The third kappa shape index (κ3) is 2.39. The first-order valence-corrected chi connectivity index (χ1v) is 10.7. The lowest BCUT2D eigenvalue weighted by Gasteiger charge is -2.16. The highest BCUT2D eigenvalue weighted by Crippen LogP contribution is 2.46. The second-order valence-electron chi connectivity index (χ2n) is 6.73. The molecule has 4 nitrogen and oxygen atoms in total. The fraction of sp³-hybridized carbons (Fsp3) is 0.263. The standard InChI is InChI=1S/C19H17NO3S2/c21-25(22)18-4-3-13(14-5-6-23-12-14)8-16(18)17-10-20(11-19(17)25)9-15-2-1-7-24-15/h1-8,12,17,19H,9-11H2. The number of rotatable bonds is 3. The Labute approximate surface area is 150 Å². The number of fused-ring (bicyclic) bond motifs is 3. The van der Waals surface area contributed by atoms with Gasteiger partial charge in [-0.05, 0) is 40.8 Å². The van der Waals surface area contributed by atoms with Crippen LogP contribution in [-0.4, -0.2) is 31.7 Å². The number of benzene rings is 1. The van der Waals surface area contributed by atoms with Crippen LogP contribution in [0.5, 0.6) is 0 Å². The predicted molar refractivity (Wildman–Crippen MR) is 97.5 cm³/mol. The van der Waals surface area contributed by atoms with Crippen LogP contribution in [0.15, 0.2) is 63.6 Å². The Morgan fingerprint density at radius 1 is 1.16 bits per heavy atom. The molecule has 25 heavy (non-hydrogen) atoms. The molecule has 5 rings (SSSR count). The molecule has 0 spiro atoms. The molecule has 0 amide bonds. The predicted octanol–water partition coefficient (Wildman–Crippen LogP) is 3.76. The van der Waals surface area contributed by atoms with E-state index in [1.54, 1.807) is 29.9 Å². The lowest BCUT2D eigenvalue weighted by molar-refractivity contribution is 0.328. The van der Waals surface area contributed by atoms with E-state index >= 15 is 0 Å². The van der Waals surface area contributed by atoms with E-state index in [1.165, 1.54) is 4.88 Å². The summed E-state index contributed by atoms with van der Waals surface area (Å²) >= 11 is 1.72. The normalized spacial score (nSPS) is 24.3. The smallest absolute Gasteiger partial charge is 0.183 e. The lowest BCUT2D eigenvalue weighted by Crippen LogP contribution is -2.25. The Bertz CT molecular complexity index is 1010. The SMILES string of the molecule is O=S1(=O)c2ccc(-c3ccoc3)cc2C2CN(Cc3cccs3)CC21. The molecule has 0 saturated carbocycles. The average molecular weight is 371 g/mol. The van der Waals surface area contributed by atoms with Gasteiger partial charge in [0.1, 0.15) is 0 Å². The van der Waals surface area contributed by atoms with Crippen molar-refractivity contribution in [2.45, 2.75) is 22.6 Å². The maximum absolute atomic E-state index is 13.0. The number of nitrogens with zero attached hydrogens (tertiary/aromatic N) is 1. The van der Waals surface area contributed by atoms with Gasteiger partial charge in [0.2, 0.25) is 0 Å². The summed E-state index contributed by atoms with van der Waals surface area (Å²) in [4.78, 5) is 4.07. The van der Waals surface area contributed by atoms with Gasteiger partial charge in [-0.15, -0.1) is 11.3 Å². The Balaban J connectivity index is 1.51. The summed E-state index contributed by atoms with van der Waals surface area (Å²) in [6, 6.07) is 11.7. The van der Waals surface area contributed by atoms with Gasteiger partial charge < -0.3 is 4.42 Å². The number of sulfone groups is 1. The first-order valence-electron chi connectivity index (χ1n) is 8.28. The Hall–Kier alpha value is -1.89. The van der Waals surface area contributed by atoms with E-state index in [0.717, 1.165) is 29.8 Å². The van der Waals surface area contributed by atoms with Crippen molar-refractivity contribution in [3.63, 3.8) is 0 Å². The van der Waals surface area contributed by atoms with E-state index in [2.05, 4.69) is 16.3 Å². The molecule has 1 fully saturated rings. The van der Waals surface area contributed by atoms with Crippen LogP contribution in [0.1, 0.15) is 16.4 Å². The molecular formula is C19H17NO3S2. The van der Waals surface area contributed by atoms with Crippen molar-refractivity contribution < 1.29 is 12.8 Å². The minimum atomic E-state index is -3.24. The minimum Gasteiger partial charge on any atom is -0.472 e. The molecule has 1 saturated heterocycles. The third-order valence-corrected chi connectivity index (χ3v) is 8.39. The van der Waals surface area contributed by atoms with Gasteiger partial charge in [-0.3, -0.25) is 4.90 Å². The van der Waals surface area contributed by atoms with Crippen LogP contribution >= 0.6 is 11.3 Å². The van der Waals surface area contributed by atoms with Crippen LogP contribution in [0, 0.1) is 0 Å². The maximum Gasteiger partial charge on any atom is 0.183 e. The van der Waals surface area contributed by atoms with Gasteiger partial charge in [-0.25, -0.2) is 8.42 Å². The van der Waals surface area contributed by atoms with Crippen LogP contribution in [0.2, 0.25) is 0 Å². The van der Waals surface area contributed by atoms with Crippen molar-refractivity contribution >= 4 is 21.2 Å². The van der Waals surface area contributed by atoms with Gasteiger partial charge in [0.15, 0.2) is 9.84 Å². The van der Waals surface area contributed by atoms with Crippen LogP contribution in [0.4, 0.5) is 0 Å². The molecule has 1 aromatic carbocycles. The Kier molecular flexibility index (Phi) is 3.42. The second kappa shape index (κ2) is 5.56. The number of thiophene rings is 1. The average Bonchev–Trinajstić information content (AvgIpc) is 3.37. The molecule has 6 heteroatoms. The Morgan fingerprint density at radius 2 is 2.08 bits per heavy atom. The molecule has 2 aromatic heterocycles. The van der Waals surface area contributed by atoms with E-state index in [1.807, 2.05) is 24.3 Å². The van der Waals surface area contributed by atoms with E-state index in [-0.39, 0.29) is 11.2 Å². The highest BCUT2D eigenvalue weighted by molar-refractivity contribution is 7.92. The minimum absolute atomic E-state index is 0.0619. The molecule has 3 aromatic rings. The molecule has 0 N–H and O–H groups in total. The van der Waals surface area contributed by atoms with Crippen molar-refractivity contribution in [1.82, 2.24) is 4.90 Å². The summed E-state index contributed by atoms with van der Waals surface area (Å²) in [5, 5.41) is 1.75. The van der Waals surface area contributed by atoms with Crippen molar-refractivity contribution in [2.24, 2.45) is 0 Å². The quantitative estimate of drug-likeness (QED) is 0.703. The fourth-order valence-corrected chi connectivity index (χ4v) is 7.03. The molecule has 2 aliphatic heterocycles. The third-order valence-electron chi connectivity index (χ3n) is 5.27. The van der Waals surface area contributed by atoms with Gasteiger partial charge in [0, 0.05) is 36.0 Å². The first kappa shape index (κ1) is 15.4. The van der Waals surface area contributed by atoms with E-state index in [0.29, 0.717) is 11.4 Å². The second-order valence-corrected chi connectivity index (χ2v) is 9.90. The molecule has 2 unspecified atom stereocenters. The molecule has 4 heterocycles. The van der Waals surface area contributed by atoms with Crippen LogP contribution < -0.4 is 0 Å². The lowest BCUT2D eigenvalue weighted by atomic mass is 9.95. The van der Waals surface area contributed by atoms with Gasteiger partial charge in [-0.1, -0.05) is 12.1 Å². The maximum atomic E-state index is 13.0. The zero-order valence-corrected chi connectivity index (χ0v) is 15.1. The number of hydrogen-bond acceptors (Lipinski definition) is 5. The fourth-order valence-electron chi connectivity index (χ4n) is 4.09. The largest absolute Gasteiger partial charge is 0.472 e. The zero-order valence-electron chi connectivity index (χ0n) is 13.5. The van der Waals surface area contributed by atoms with E-state index < -0.39 is 9.84 Å². The highest BCUT2D eigenvalue weighted by atomic mass is 32.2. The first-order chi connectivity index (χ1) is 12.1. The number of hydrogen-bond donors (Lipinski definition) is 0. The van der Waals surface area contributed by atoms with Crippen molar-refractivity contribution in [1.29, 1.82) is 0 Å².